The van der Waals surface area contributed by atoms with E-state index in [1.54, 1.807) is 6.20 Å². The fourth-order valence-corrected chi connectivity index (χ4v) is 3.76. The molecule has 8 heteroatoms. The van der Waals surface area contributed by atoms with Crippen LogP contribution in [0.2, 0.25) is 0 Å². The van der Waals surface area contributed by atoms with Crippen molar-refractivity contribution in [3.05, 3.63) is 41.5 Å². The van der Waals surface area contributed by atoms with E-state index in [2.05, 4.69) is 40.4 Å². The summed E-state index contributed by atoms with van der Waals surface area (Å²) < 4.78 is 3.86. The molecular weight excluding hydrogens is 342 g/mol. The highest BCUT2D eigenvalue weighted by Gasteiger charge is 2.23. The molecule has 1 aliphatic rings. The van der Waals surface area contributed by atoms with Gasteiger partial charge in [-0.2, -0.15) is 10.2 Å². The third kappa shape index (κ3) is 3.44. The maximum absolute atomic E-state index is 11.4. The number of carbonyl (C=O) groups is 1. The van der Waals surface area contributed by atoms with Crippen LogP contribution in [0, 0.1) is 5.92 Å². The lowest BCUT2D eigenvalue weighted by Gasteiger charge is -2.24. The van der Waals surface area contributed by atoms with Gasteiger partial charge in [-0.15, -0.1) is 0 Å². The summed E-state index contributed by atoms with van der Waals surface area (Å²) in [5, 5.41) is 13.3. The number of aromatic nitrogens is 5. The van der Waals surface area contributed by atoms with Crippen LogP contribution in [0.15, 0.2) is 24.7 Å². The molecule has 3 aromatic rings. The third-order valence-electron chi connectivity index (χ3n) is 5.18. The molecule has 0 spiro atoms. The first-order valence-electron chi connectivity index (χ1n) is 9.40. The van der Waals surface area contributed by atoms with Crippen molar-refractivity contribution in [3.63, 3.8) is 0 Å². The van der Waals surface area contributed by atoms with Crippen LogP contribution in [0.3, 0.4) is 0 Å². The molecular formula is C19H25N7O. The Morgan fingerprint density at radius 3 is 2.96 bits per heavy atom. The normalized spacial score (nSPS) is 16.8. The zero-order chi connectivity index (χ0) is 19.0. The van der Waals surface area contributed by atoms with Crippen molar-refractivity contribution in [1.29, 1.82) is 0 Å². The Morgan fingerprint density at radius 2 is 2.19 bits per heavy atom. The standard InChI is InChI=1S/C19H25N7O/c1-12(2)26-19-15(9-24-26)5-14(8-22-19)7-21-6-13-3-4-17-16(18(20)27)10-23-25(17)11-13/h5,8-10,12-13,21H,3-4,6-7,11H2,1-2H3,(H2,20,27). The second-order valence-electron chi connectivity index (χ2n) is 7.53. The summed E-state index contributed by atoms with van der Waals surface area (Å²) in [5.74, 6) is 0.0926. The molecule has 1 aliphatic heterocycles. The maximum Gasteiger partial charge on any atom is 0.252 e. The van der Waals surface area contributed by atoms with Crippen LogP contribution in [-0.4, -0.2) is 37.0 Å². The van der Waals surface area contributed by atoms with Gasteiger partial charge < -0.3 is 11.1 Å². The molecule has 8 nitrogen and oxygen atoms in total. The van der Waals surface area contributed by atoms with Gasteiger partial charge in [0.1, 0.15) is 0 Å². The topological polar surface area (TPSA) is 104 Å². The van der Waals surface area contributed by atoms with E-state index >= 15 is 0 Å². The lowest BCUT2D eigenvalue weighted by molar-refractivity contribution is 0.0998. The van der Waals surface area contributed by atoms with E-state index in [0.29, 0.717) is 17.5 Å². The predicted octanol–water partition coefficient (Wildman–Crippen LogP) is 1.66. The fraction of sp³-hybridized carbons (Fsp3) is 0.474. The minimum atomic E-state index is -0.392. The Morgan fingerprint density at radius 1 is 1.33 bits per heavy atom. The summed E-state index contributed by atoms with van der Waals surface area (Å²) in [6, 6.07) is 2.44. The number of amides is 1. The summed E-state index contributed by atoms with van der Waals surface area (Å²) in [4.78, 5) is 16.0. The van der Waals surface area contributed by atoms with Crippen LogP contribution in [0.1, 0.15) is 47.9 Å². The third-order valence-corrected chi connectivity index (χ3v) is 5.18. The molecule has 0 radical (unpaired) electrons. The van der Waals surface area contributed by atoms with Gasteiger partial charge in [0.25, 0.3) is 5.91 Å². The quantitative estimate of drug-likeness (QED) is 0.690. The van der Waals surface area contributed by atoms with Crippen molar-refractivity contribution in [3.8, 4) is 0 Å². The molecule has 1 amide bonds. The Bertz CT molecular complexity index is 972. The Labute approximate surface area is 157 Å². The lowest BCUT2D eigenvalue weighted by atomic mass is 9.96. The van der Waals surface area contributed by atoms with Crippen molar-refractivity contribution in [2.45, 2.75) is 45.8 Å². The highest BCUT2D eigenvalue weighted by molar-refractivity contribution is 5.93. The fourth-order valence-electron chi connectivity index (χ4n) is 3.76. The molecule has 0 saturated heterocycles. The number of hydrogen-bond donors (Lipinski definition) is 2. The van der Waals surface area contributed by atoms with Gasteiger partial charge in [0.15, 0.2) is 5.65 Å². The second-order valence-corrected chi connectivity index (χ2v) is 7.53. The molecule has 1 atom stereocenters. The summed E-state index contributed by atoms with van der Waals surface area (Å²) >= 11 is 0. The highest BCUT2D eigenvalue weighted by Crippen LogP contribution is 2.22. The SMILES string of the molecule is CC(C)n1ncc2cc(CNCC3CCc4c(C(N)=O)cnn4C3)cnc21. The van der Waals surface area contributed by atoms with E-state index in [1.165, 1.54) is 0 Å². The van der Waals surface area contributed by atoms with Crippen LogP contribution >= 0.6 is 0 Å². The summed E-state index contributed by atoms with van der Waals surface area (Å²) in [7, 11) is 0. The van der Waals surface area contributed by atoms with Gasteiger partial charge >= 0.3 is 0 Å². The van der Waals surface area contributed by atoms with Crippen LogP contribution in [0.4, 0.5) is 0 Å². The number of hydrogen-bond acceptors (Lipinski definition) is 5. The van der Waals surface area contributed by atoms with Gasteiger partial charge in [-0.1, -0.05) is 0 Å². The number of nitrogens with zero attached hydrogens (tertiary/aromatic N) is 5. The van der Waals surface area contributed by atoms with E-state index in [0.717, 1.165) is 54.8 Å². The molecule has 1 unspecified atom stereocenters. The van der Waals surface area contributed by atoms with E-state index in [9.17, 15) is 4.79 Å². The number of nitrogens with two attached hydrogens (primary N) is 1. The van der Waals surface area contributed by atoms with Crippen molar-refractivity contribution < 1.29 is 4.79 Å². The summed E-state index contributed by atoms with van der Waals surface area (Å²) in [5.41, 5.74) is 9.01. The van der Waals surface area contributed by atoms with Crippen LogP contribution in [0.25, 0.3) is 11.0 Å². The number of rotatable bonds is 6. The van der Waals surface area contributed by atoms with Crippen molar-refractivity contribution in [2.24, 2.45) is 11.7 Å². The first-order chi connectivity index (χ1) is 13.0. The number of carbonyl (C=O) groups excluding carboxylic acids is 1. The monoisotopic (exact) mass is 367 g/mol. The molecule has 0 saturated carbocycles. The summed E-state index contributed by atoms with van der Waals surface area (Å²) in [6.45, 7) is 6.68. The molecule has 0 aliphatic carbocycles. The molecule has 3 N–H and O–H groups in total. The smallest absolute Gasteiger partial charge is 0.252 e. The van der Waals surface area contributed by atoms with Crippen LogP contribution < -0.4 is 11.1 Å². The van der Waals surface area contributed by atoms with Crippen LogP contribution in [0.5, 0.6) is 0 Å². The zero-order valence-corrected chi connectivity index (χ0v) is 15.7. The number of fused-ring (bicyclic) bond motifs is 2. The molecule has 3 aromatic heterocycles. The van der Waals surface area contributed by atoms with Gasteiger partial charge in [-0.3, -0.25) is 9.48 Å². The first-order valence-corrected chi connectivity index (χ1v) is 9.40. The maximum atomic E-state index is 11.4. The number of primary amides is 1. The van der Waals surface area contributed by atoms with Crippen LogP contribution in [-0.2, 0) is 19.5 Å². The Hall–Kier alpha value is -2.74. The molecule has 4 heterocycles. The first kappa shape index (κ1) is 17.7. The molecule has 0 aromatic carbocycles. The molecule has 142 valence electrons. The van der Waals surface area contributed by atoms with E-state index < -0.39 is 5.91 Å². The van der Waals surface area contributed by atoms with Gasteiger partial charge in [0, 0.05) is 37.3 Å². The van der Waals surface area contributed by atoms with Crippen molar-refractivity contribution in [1.82, 2.24) is 29.9 Å². The molecule has 0 bridgehead atoms. The highest BCUT2D eigenvalue weighted by atomic mass is 16.1. The van der Waals surface area contributed by atoms with Crippen molar-refractivity contribution in [2.75, 3.05) is 6.54 Å². The largest absolute Gasteiger partial charge is 0.365 e. The van der Waals surface area contributed by atoms with E-state index in [1.807, 2.05) is 21.8 Å². The summed E-state index contributed by atoms with van der Waals surface area (Å²) in [6.07, 6.45) is 7.25. The zero-order valence-electron chi connectivity index (χ0n) is 15.7. The molecule has 0 fully saturated rings. The average molecular weight is 367 g/mol. The number of pyridine rings is 1. The Balaban J connectivity index is 1.35. The molecule has 4 rings (SSSR count). The van der Waals surface area contributed by atoms with Crippen molar-refractivity contribution >= 4 is 16.9 Å². The lowest BCUT2D eigenvalue weighted by Crippen LogP contribution is -2.31. The van der Waals surface area contributed by atoms with E-state index in [4.69, 9.17) is 5.73 Å². The second kappa shape index (κ2) is 7.11. The Kier molecular flexibility index (Phi) is 4.65. The van der Waals surface area contributed by atoms with Gasteiger partial charge in [0.2, 0.25) is 0 Å². The predicted molar refractivity (Wildman–Crippen MR) is 102 cm³/mol. The van der Waals surface area contributed by atoms with Gasteiger partial charge in [-0.25, -0.2) is 9.67 Å². The average Bonchev–Trinajstić information content (AvgIpc) is 3.25. The van der Waals surface area contributed by atoms with E-state index in [-0.39, 0.29) is 0 Å². The minimum Gasteiger partial charge on any atom is -0.365 e. The van der Waals surface area contributed by atoms with Gasteiger partial charge in [0.05, 0.1) is 23.7 Å². The number of nitrogens with one attached hydrogen (secondary N) is 1. The molecule has 27 heavy (non-hydrogen) atoms. The minimum absolute atomic E-state index is 0.299. The van der Waals surface area contributed by atoms with Gasteiger partial charge in [-0.05, 0) is 44.2 Å².